The van der Waals surface area contributed by atoms with Crippen LogP contribution in [0.4, 0.5) is 0 Å². The number of amides is 3. The number of benzene rings is 1. The highest BCUT2D eigenvalue weighted by Crippen LogP contribution is 2.07. The number of rotatable bonds is 17. The molecule has 0 fully saturated rings. The van der Waals surface area contributed by atoms with E-state index in [4.69, 9.17) is 11.5 Å². The maximum absolute atomic E-state index is 13.0. The summed E-state index contributed by atoms with van der Waals surface area (Å²) in [5.41, 5.74) is 12.3. The fourth-order valence-corrected chi connectivity index (χ4v) is 3.89. The largest absolute Gasteiger partial charge is 0.480 e. The van der Waals surface area contributed by atoms with Gasteiger partial charge >= 0.3 is 5.97 Å². The average molecular weight is 526 g/mol. The highest BCUT2D eigenvalue weighted by atomic mass is 32.2. The number of hydrogen-bond acceptors (Lipinski definition) is 8. The number of carbonyl (C=O) groups excluding carboxylic acids is 3. The predicted octanol–water partition coefficient (Wildman–Crippen LogP) is -0.642. The van der Waals surface area contributed by atoms with Crippen LogP contribution in [-0.2, 0) is 25.6 Å². The van der Waals surface area contributed by atoms with E-state index in [1.54, 1.807) is 0 Å². The summed E-state index contributed by atoms with van der Waals surface area (Å²) in [5, 5.41) is 27.1. The Bertz CT molecular complexity index is 842. The number of aliphatic hydroxyl groups excluding tert-OH is 1. The number of thioether (sulfide) groups is 1. The number of nitrogens with one attached hydrogen (secondary N) is 3. The molecule has 0 radical (unpaired) electrons. The minimum Gasteiger partial charge on any atom is -0.480 e. The predicted molar refractivity (Wildman–Crippen MR) is 139 cm³/mol. The van der Waals surface area contributed by atoms with Crippen LogP contribution in [0.15, 0.2) is 30.3 Å². The maximum Gasteiger partial charge on any atom is 0.326 e. The second-order valence-corrected chi connectivity index (χ2v) is 9.54. The van der Waals surface area contributed by atoms with Gasteiger partial charge < -0.3 is 37.6 Å². The van der Waals surface area contributed by atoms with Crippen LogP contribution in [0.3, 0.4) is 0 Å². The molecule has 5 unspecified atom stereocenters. The van der Waals surface area contributed by atoms with Gasteiger partial charge in [-0.25, -0.2) is 4.79 Å². The number of hydrogen-bond donors (Lipinski definition) is 7. The molecule has 0 aliphatic heterocycles. The minimum atomic E-state index is -1.36. The van der Waals surface area contributed by atoms with Gasteiger partial charge in [0.05, 0.1) is 12.1 Å². The first-order chi connectivity index (χ1) is 17.1. The molecule has 5 atom stereocenters. The van der Waals surface area contributed by atoms with Crippen LogP contribution in [0, 0.1) is 0 Å². The second kappa shape index (κ2) is 16.9. The van der Waals surface area contributed by atoms with E-state index in [0.717, 1.165) is 5.56 Å². The van der Waals surface area contributed by atoms with E-state index in [-0.39, 0.29) is 19.3 Å². The Morgan fingerprint density at radius 3 is 2.14 bits per heavy atom. The van der Waals surface area contributed by atoms with E-state index in [1.807, 2.05) is 36.6 Å². The monoisotopic (exact) mass is 525 g/mol. The van der Waals surface area contributed by atoms with Crippen LogP contribution in [0.2, 0.25) is 0 Å². The summed E-state index contributed by atoms with van der Waals surface area (Å²) in [4.78, 5) is 50.0. The van der Waals surface area contributed by atoms with E-state index >= 15 is 0 Å². The van der Waals surface area contributed by atoms with Crippen LogP contribution in [0.25, 0.3) is 0 Å². The molecule has 1 aromatic carbocycles. The lowest BCUT2D eigenvalue weighted by Gasteiger charge is -2.26. The molecule has 11 nitrogen and oxygen atoms in total. The van der Waals surface area contributed by atoms with Crippen molar-refractivity contribution in [2.24, 2.45) is 11.5 Å². The third kappa shape index (κ3) is 11.4. The number of nitrogens with two attached hydrogens (primary N) is 2. The Balaban J connectivity index is 2.87. The molecule has 202 valence electrons. The number of aliphatic carboxylic acids is 1. The first-order valence-electron chi connectivity index (χ1n) is 11.9. The van der Waals surface area contributed by atoms with Crippen molar-refractivity contribution in [3.05, 3.63) is 35.9 Å². The normalized spacial score (nSPS) is 15.1. The van der Waals surface area contributed by atoms with E-state index in [9.17, 15) is 29.4 Å². The lowest BCUT2D eigenvalue weighted by molar-refractivity contribution is -0.142. The molecular formula is C24H39N5O6S. The first-order valence-corrected chi connectivity index (χ1v) is 13.3. The highest BCUT2D eigenvalue weighted by Gasteiger charge is 2.32. The van der Waals surface area contributed by atoms with Crippen molar-refractivity contribution in [2.75, 3.05) is 18.6 Å². The smallest absolute Gasteiger partial charge is 0.326 e. The molecule has 0 heterocycles. The van der Waals surface area contributed by atoms with Crippen molar-refractivity contribution in [2.45, 2.75) is 69.3 Å². The summed E-state index contributed by atoms with van der Waals surface area (Å²) in [6.07, 6.45) is 2.36. The van der Waals surface area contributed by atoms with Gasteiger partial charge in [-0.3, -0.25) is 14.4 Å². The van der Waals surface area contributed by atoms with Gasteiger partial charge in [-0.05, 0) is 63.1 Å². The van der Waals surface area contributed by atoms with Crippen LogP contribution < -0.4 is 27.4 Å². The van der Waals surface area contributed by atoms with Crippen molar-refractivity contribution in [1.29, 1.82) is 0 Å². The van der Waals surface area contributed by atoms with Gasteiger partial charge in [0.1, 0.15) is 18.1 Å². The van der Waals surface area contributed by atoms with Crippen LogP contribution >= 0.6 is 11.8 Å². The van der Waals surface area contributed by atoms with Gasteiger partial charge in [-0.2, -0.15) is 11.8 Å². The Morgan fingerprint density at radius 2 is 1.58 bits per heavy atom. The lowest BCUT2D eigenvalue weighted by atomic mass is 10.0. The molecule has 1 rings (SSSR count). The van der Waals surface area contributed by atoms with Crippen molar-refractivity contribution < 1.29 is 29.4 Å². The molecule has 0 bridgehead atoms. The Morgan fingerprint density at radius 1 is 0.944 bits per heavy atom. The Kier molecular flexibility index (Phi) is 14.7. The molecule has 0 aliphatic carbocycles. The Hall–Kier alpha value is -2.67. The van der Waals surface area contributed by atoms with Gasteiger partial charge in [-0.1, -0.05) is 30.3 Å². The summed E-state index contributed by atoms with van der Waals surface area (Å²) in [6.45, 7) is 1.75. The standard InChI is InChI=1S/C24H39N5O6S/c1-15(30)20(29-21(31)17(26)14-16-8-4-3-5-9-16)23(33)27-18(11-13-36-2)22(32)28-19(24(34)35)10-6-7-12-25/h3-5,8-9,15,17-20,30H,6-7,10-14,25-26H2,1-2H3,(H,27,33)(H,28,32)(H,29,31)(H,34,35). The van der Waals surface area contributed by atoms with Gasteiger partial charge in [0.25, 0.3) is 0 Å². The van der Waals surface area contributed by atoms with Crippen LogP contribution in [0.1, 0.15) is 38.2 Å². The van der Waals surface area contributed by atoms with E-state index in [2.05, 4.69) is 16.0 Å². The van der Waals surface area contributed by atoms with Crippen molar-refractivity contribution in [3.63, 3.8) is 0 Å². The summed E-state index contributed by atoms with van der Waals surface area (Å²) in [6, 6.07) is 4.62. The minimum absolute atomic E-state index is 0.202. The van der Waals surface area contributed by atoms with Crippen LogP contribution in [0.5, 0.6) is 0 Å². The summed E-state index contributed by atoms with van der Waals surface area (Å²) in [7, 11) is 0. The SMILES string of the molecule is CSCCC(NC(=O)C(NC(=O)C(N)Cc1ccccc1)C(C)O)C(=O)NC(CCCCN)C(=O)O. The molecule has 0 saturated carbocycles. The maximum atomic E-state index is 13.0. The fraction of sp³-hybridized carbons (Fsp3) is 0.583. The molecule has 0 saturated heterocycles. The molecule has 1 aromatic rings. The van der Waals surface area contributed by atoms with Gasteiger partial charge in [-0.15, -0.1) is 0 Å². The molecular weight excluding hydrogens is 486 g/mol. The van der Waals surface area contributed by atoms with E-state index in [1.165, 1.54) is 18.7 Å². The summed E-state index contributed by atoms with van der Waals surface area (Å²) < 4.78 is 0. The molecule has 0 aromatic heterocycles. The molecule has 36 heavy (non-hydrogen) atoms. The van der Waals surface area contributed by atoms with E-state index < -0.39 is 54.0 Å². The molecule has 0 spiro atoms. The van der Waals surface area contributed by atoms with Crippen molar-refractivity contribution in [1.82, 2.24) is 16.0 Å². The molecule has 9 N–H and O–H groups in total. The van der Waals surface area contributed by atoms with Crippen LogP contribution in [-0.4, -0.2) is 82.7 Å². The van der Waals surface area contributed by atoms with Gasteiger partial charge in [0.15, 0.2) is 0 Å². The van der Waals surface area contributed by atoms with Crippen molar-refractivity contribution in [3.8, 4) is 0 Å². The first kappa shape index (κ1) is 31.4. The zero-order valence-corrected chi connectivity index (χ0v) is 21.6. The van der Waals surface area contributed by atoms with Gasteiger partial charge in [0, 0.05) is 0 Å². The summed E-state index contributed by atoms with van der Waals surface area (Å²) >= 11 is 1.45. The number of carboxylic acids is 1. The third-order valence-corrected chi connectivity index (χ3v) is 6.15. The number of unbranched alkanes of at least 4 members (excludes halogenated alkanes) is 1. The number of aliphatic hydroxyl groups is 1. The molecule has 3 amide bonds. The Labute approximate surface area is 216 Å². The van der Waals surface area contributed by atoms with Gasteiger partial charge in [0.2, 0.25) is 17.7 Å². The highest BCUT2D eigenvalue weighted by molar-refractivity contribution is 7.98. The lowest BCUT2D eigenvalue weighted by Crippen LogP contribution is -2.60. The fourth-order valence-electron chi connectivity index (χ4n) is 3.41. The van der Waals surface area contributed by atoms with Crippen molar-refractivity contribution >= 4 is 35.5 Å². The molecule has 0 aliphatic rings. The second-order valence-electron chi connectivity index (χ2n) is 8.55. The topological polar surface area (TPSA) is 197 Å². The average Bonchev–Trinajstić information content (AvgIpc) is 2.84. The molecule has 12 heteroatoms. The zero-order valence-electron chi connectivity index (χ0n) is 20.8. The third-order valence-electron chi connectivity index (χ3n) is 5.50. The zero-order chi connectivity index (χ0) is 27.1. The number of carbonyl (C=O) groups is 4. The quantitative estimate of drug-likeness (QED) is 0.129. The summed E-state index contributed by atoms with van der Waals surface area (Å²) in [5.74, 6) is -2.74. The van der Waals surface area contributed by atoms with E-state index in [0.29, 0.717) is 25.1 Å². The number of carboxylic acid groups (broad SMARTS) is 1.